The van der Waals surface area contributed by atoms with Gasteiger partial charge in [-0.3, -0.25) is 4.99 Å². The zero-order chi connectivity index (χ0) is 20.4. The zero-order valence-corrected chi connectivity index (χ0v) is 21.3. The van der Waals surface area contributed by atoms with E-state index < -0.39 is 0 Å². The van der Waals surface area contributed by atoms with Gasteiger partial charge in [0.05, 0.1) is 6.61 Å². The highest BCUT2D eigenvalue weighted by Crippen LogP contribution is 2.16. The van der Waals surface area contributed by atoms with Crippen LogP contribution in [0, 0.1) is 6.92 Å². The first kappa shape index (κ1) is 25.7. The number of guanidine groups is 1. The van der Waals surface area contributed by atoms with Crippen molar-refractivity contribution in [2.45, 2.75) is 39.3 Å². The van der Waals surface area contributed by atoms with Crippen LogP contribution in [0.5, 0.6) is 5.75 Å². The van der Waals surface area contributed by atoms with E-state index in [1.54, 1.807) is 0 Å². The molecule has 29 heavy (non-hydrogen) atoms. The second kappa shape index (κ2) is 13.8. The topological polar surface area (TPSA) is 48.9 Å². The lowest BCUT2D eigenvalue weighted by Gasteiger charge is -2.17. The van der Waals surface area contributed by atoms with Crippen molar-refractivity contribution in [2.24, 2.45) is 4.99 Å². The Labute approximate surface area is 197 Å². The third kappa shape index (κ3) is 10.3. The third-order valence-electron chi connectivity index (χ3n) is 4.31. The summed E-state index contributed by atoms with van der Waals surface area (Å²) < 4.78 is 5.79. The molecule has 2 aromatic rings. The maximum Gasteiger partial charge on any atom is 0.191 e. The van der Waals surface area contributed by atoms with E-state index in [0.29, 0.717) is 6.04 Å². The van der Waals surface area contributed by atoms with Crippen LogP contribution in [0.4, 0.5) is 0 Å². The highest BCUT2D eigenvalue weighted by molar-refractivity contribution is 14.0. The fraction of sp³-hybridized carbons (Fsp3) is 0.500. The van der Waals surface area contributed by atoms with Crippen molar-refractivity contribution in [3.05, 3.63) is 51.7 Å². The molecule has 0 aliphatic heterocycles. The Kier molecular flexibility index (Phi) is 12.3. The van der Waals surface area contributed by atoms with Crippen molar-refractivity contribution in [3.8, 4) is 5.75 Å². The van der Waals surface area contributed by atoms with Crippen molar-refractivity contribution in [1.82, 2.24) is 15.5 Å². The molecule has 5 nitrogen and oxygen atoms in total. The van der Waals surface area contributed by atoms with Crippen LogP contribution in [0.15, 0.2) is 41.4 Å². The number of aliphatic imine (C=N–C) groups is 1. The Balaban J connectivity index is 0.00000420. The Morgan fingerprint density at radius 2 is 1.90 bits per heavy atom. The van der Waals surface area contributed by atoms with Crippen LogP contribution in [0.25, 0.3) is 0 Å². The standard InChI is InChI=1S/C22H34N4OS.HI/c1-17(15-21-12-7-18(2)28-21)25-22(23-3)24-16-19-8-10-20(11-9-19)27-14-6-13-26(4)5;/h7-12,17H,6,13-16H2,1-5H3,(H2,23,24,25);1H. The Morgan fingerprint density at radius 1 is 1.17 bits per heavy atom. The second-order valence-electron chi connectivity index (χ2n) is 7.34. The molecule has 162 valence electrons. The van der Waals surface area contributed by atoms with Crippen molar-refractivity contribution >= 4 is 41.3 Å². The minimum Gasteiger partial charge on any atom is -0.494 e. The zero-order valence-electron chi connectivity index (χ0n) is 18.2. The second-order valence-corrected chi connectivity index (χ2v) is 8.71. The normalized spacial score (nSPS) is 12.4. The van der Waals surface area contributed by atoms with Gasteiger partial charge in [-0.1, -0.05) is 12.1 Å². The van der Waals surface area contributed by atoms with Crippen molar-refractivity contribution in [2.75, 3.05) is 34.3 Å². The predicted octanol–water partition coefficient (Wildman–Crippen LogP) is 4.30. The third-order valence-corrected chi connectivity index (χ3v) is 5.33. The van der Waals surface area contributed by atoms with E-state index in [0.717, 1.165) is 44.2 Å². The van der Waals surface area contributed by atoms with Crippen molar-refractivity contribution < 1.29 is 4.74 Å². The molecule has 1 aromatic heterocycles. The highest BCUT2D eigenvalue weighted by Gasteiger charge is 2.08. The summed E-state index contributed by atoms with van der Waals surface area (Å²) in [4.78, 5) is 9.26. The minimum atomic E-state index is 0. The largest absolute Gasteiger partial charge is 0.494 e. The lowest BCUT2D eigenvalue weighted by molar-refractivity contribution is 0.281. The molecular formula is C22H35IN4OS. The molecule has 0 spiro atoms. The lowest BCUT2D eigenvalue weighted by Crippen LogP contribution is -2.42. The van der Waals surface area contributed by atoms with E-state index in [1.165, 1.54) is 15.3 Å². The van der Waals surface area contributed by atoms with Crippen LogP contribution in [0.1, 0.15) is 28.7 Å². The molecule has 0 bridgehead atoms. The predicted molar refractivity (Wildman–Crippen MR) is 136 cm³/mol. The average Bonchev–Trinajstić information content (AvgIpc) is 3.07. The maximum atomic E-state index is 5.79. The number of hydrogen-bond acceptors (Lipinski definition) is 4. The summed E-state index contributed by atoms with van der Waals surface area (Å²) in [6.07, 6.45) is 2.03. The number of halogens is 1. The van der Waals surface area contributed by atoms with Crippen molar-refractivity contribution in [3.63, 3.8) is 0 Å². The smallest absolute Gasteiger partial charge is 0.191 e. The lowest BCUT2D eigenvalue weighted by atomic mass is 10.2. The highest BCUT2D eigenvalue weighted by atomic mass is 127. The molecule has 2 rings (SSSR count). The first-order valence-electron chi connectivity index (χ1n) is 9.85. The van der Waals surface area contributed by atoms with Crippen LogP contribution in [0.3, 0.4) is 0 Å². The number of hydrogen-bond donors (Lipinski definition) is 2. The summed E-state index contributed by atoms with van der Waals surface area (Å²) in [5.74, 6) is 1.75. The van der Waals surface area contributed by atoms with Gasteiger partial charge in [0.1, 0.15) is 5.75 Å². The van der Waals surface area contributed by atoms with Crippen LogP contribution in [-0.2, 0) is 13.0 Å². The molecule has 0 fully saturated rings. The van der Waals surface area contributed by atoms with Gasteiger partial charge in [0.25, 0.3) is 0 Å². The van der Waals surface area contributed by atoms with E-state index in [2.05, 4.69) is 72.7 Å². The molecule has 0 aliphatic rings. The summed E-state index contributed by atoms with van der Waals surface area (Å²) in [5, 5.41) is 6.85. The van der Waals surface area contributed by atoms with Gasteiger partial charge < -0.3 is 20.3 Å². The van der Waals surface area contributed by atoms with Gasteiger partial charge in [0.2, 0.25) is 0 Å². The molecule has 1 unspecified atom stereocenters. The maximum absolute atomic E-state index is 5.79. The molecule has 0 saturated carbocycles. The van der Waals surface area contributed by atoms with E-state index in [9.17, 15) is 0 Å². The summed E-state index contributed by atoms with van der Waals surface area (Å²) in [6, 6.07) is 13.0. The molecule has 0 saturated heterocycles. The Hall–Kier alpha value is -1.32. The first-order valence-corrected chi connectivity index (χ1v) is 10.7. The number of benzene rings is 1. The molecular weight excluding hydrogens is 495 g/mol. The Bertz CT molecular complexity index is 731. The monoisotopic (exact) mass is 530 g/mol. The van der Waals surface area contributed by atoms with Crippen LogP contribution < -0.4 is 15.4 Å². The fourth-order valence-electron chi connectivity index (χ4n) is 2.84. The molecule has 1 heterocycles. The molecule has 7 heteroatoms. The molecule has 0 aliphatic carbocycles. The van der Waals surface area contributed by atoms with Gasteiger partial charge in [0, 0.05) is 42.4 Å². The average molecular weight is 531 g/mol. The summed E-state index contributed by atoms with van der Waals surface area (Å²) in [6.45, 7) is 6.84. The molecule has 1 atom stereocenters. The van der Waals surface area contributed by atoms with E-state index >= 15 is 0 Å². The van der Waals surface area contributed by atoms with Gasteiger partial charge in [0.15, 0.2) is 5.96 Å². The SMILES string of the molecule is CN=C(NCc1ccc(OCCCN(C)C)cc1)NC(C)Cc1ccc(C)s1.I. The molecule has 0 radical (unpaired) electrons. The Morgan fingerprint density at radius 3 is 2.48 bits per heavy atom. The summed E-state index contributed by atoms with van der Waals surface area (Å²) in [5.41, 5.74) is 1.20. The quantitative estimate of drug-likeness (QED) is 0.208. The molecule has 2 N–H and O–H groups in total. The number of nitrogens with zero attached hydrogens (tertiary/aromatic N) is 2. The van der Waals surface area contributed by atoms with E-state index in [-0.39, 0.29) is 24.0 Å². The van der Waals surface area contributed by atoms with Gasteiger partial charge in [-0.15, -0.1) is 35.3 Å². The number of rotatable bonds is 10. The van der Waals surface area contributed by atoms with E-state index in [4.69, 9.17) is 4.74 Å². The van der Waals surface area contributed by atoms with Crippen LogP contribution in [0.2, 0.25) is 0 Å². The van der Waals surface area contributed by atoms with Crippen LogP contribution >= 0.6 is 35.3 Å². The fourth-order valence-corrected chi connectivity index (χ4v) is 3.85. The number of thiophene rings is 1. The van der Waals surface area contributed by atoms with Gasteiger partial charge in [-0.05, 0) is 64.2 Å². The molecule has 0 amide bonds. The first-order chi connectivity index (χ1) is 13.5. The summed E-state index contributed by atoms with van der Waals surface area (Å²) in [7, 11) is 5.96. The molecule has 1 aromatic carbocycles. The van der Waals surface area contributed by atoms with Crippen LogP contribution in [-0.4, -0.2) is 51.2 Å². The minimum absolute atomic E-state index is 0. The van der Waals surface area contributed by atoms with Crippen molar-refractivity contribution in [1.29, 1.82) is 0 Å². The van der Waals surface area contributed by atoms with E-state index in [1.807, 2.05) is 30.5 Å². The number of aryl methyl sites for hydroxylation is 1. The summed E-state index contributed by atoms with van der Waals surface area (Å²) >= 11 is 1.86. The number of nitrogens with one attached hydrogen (secondary N) is 2. The number of ether oxygens (including phenoxy) is 1. The van der Waals surface area contributed by atoms with Gasteiger partial charge in [-0.25, -0.2) is 0 Å². The van der Waals surface area contributed by atoms with Gasteiger partial charge >= 0.3 is 0 Å². The van der Waals surface area contributed by atoms with Gasteiger partial charge in [-0.2, -0.15) is 0 Å².